The normalized spacial score (nSPS) is 17.9. The molecule has 0 bridgehead atoms. The van der Waals surface area contributed by atoms with Crippen LogP contribution in [0.2, 0.25) is 5.04 Å². The van der Waals surface area contributed by atoms with Gasteiger partial charge in [0.15, 0.2) is 0 Å². The van der Waals surface area contributed by atoms with Crippen LogP contribution in [-0.2, 0) is 4.43 Å². The summed E-state index contributed by atoms with van der Waals surface area (Å²) in [6.45, 7) is 9.96. The summed E-state index contributed by atoms with van der Waals surface area (Å²) >= 11 is 0. The first kappa shape index (κ1) is 20.8. The molecule has 0 radical (unpaired) electrons. The zero-order valence-electron chi connectivity index (χ0n) is 18.6. The second-order valence-electron chi connectivity index (χ2n) is 9.51. The lowest BCUT2D eigenvalue weighted by Crippen LogP contribution is -2.66. The van der Waals surface area contributed by atoms with Gasteiger partial charge in [0.1, 0.15) is 0 Å². The number of rotatable bonds is 6. The molecule has 0 aromatic heterocycles. The van der Waals surface area contributed by atoms with Crippen LogP contribution in [0.1, 0.15) is 38.3 Å². The molecule has 0 spiro atoms. The molecule has 0 unspecified atom stereocenters. The van der Waals surface area contributed by atoms with Gasteiger partial charge in [-0.15, -0.1) is 0 Å². The van der Waals surface area contributed by atoms with Gasteiger partial charge in [-0.1, -0.05) is 123 Å². The smallest absolute Gasteiger partial charge is 0.261 e. The largest absolute Gasteiger partial charge is 0.407 e. The lowest BCUT2D eigenvalue weighted by molar-refractivity contribution is 0.285. The van der Waals surface area contributed by atoms with Gasteiger partial charge in [0.2, 0.25) is 0 Å². The minimum Gasteiger partial charge on any atom is -0.407 e. The maximum absolute atomic E-state index is 7.08. The monoisotopic (exact) mass is 412 g/mol. The Kier molecular flexibility index (Phi) is 5.81. The molecule has 0 heterocycles. The fourth-order valence-electron chi connectivity index (χ4n) is 4.43. The van der Waals surface area contributed by atoms with Gasteiger partial charge in [0.25, 0.3) is 8.32 Å². The van der Waals surface area contributed by atoms with Crippen molar-refractivity contribution < 1.29 is 4.43 Å². The highest BCUT2D eigenvalue weighted by molar-refractivity contribution is 6.99. The third-order valence-corrected chi connectivity index (χ3v) is 11.2. The SMILES string of the molecule is Cc1ccc(/C=C2/C[C@H]2CO[Si](c2ccccc2)(c2ccccc2)C(C)(C)C)cc1. The van der Waals surface area contributed by atoms with Crippen LogP contribution in [0, 0.1) is 12.8 Å². The van der Waals surface area contributed by atoms with Crippen molar-refractivity contribution in [2.75, 3.05) is 6.61 Å². The molecule has 1 atom stereocenters. The molecule has 3 aromatic rings. The molecule has 0 N–H and O–H groups in total. The first-order chi connectivity index (χ1) is 14.4. The van der Waals surface area contributed by atoms with Crippen LogP contribution < -0.4 is 10.4 Å². The van der Waals surface area contributed by atoms with Crippen LogP contribution in [0.5, 0.6) is 0 Å². The summed E-state index contributed by atoms with van der Waals surface area (Å²) in [5, 5.41) is 2.74. The van der Waals surface area contributed by atoms with E-state index in [2.05, 4.69) is 119 Å². The summed E-state index contributed by atoms with van der Waals surface area (Å²) in [7, 11) is -2.43. The zero-order chi connectivity index (χ0) is 21.2. The number of hydrogen-bond donors (Lipinski definition) is 0. The van der Waals surface area contributed by atoms with Gasteiger partial charge in [-0.05, 0) is 34.3 Å². The van der Waals surface area contributed by atoms with E-state index >= 15 is 0 Å². The molecule has 1 aliphatic carbocycles. The van der Waals surface area contributed by atoms with E-state index in [-0.39, 0.29) is 5.04 Å². The van der Waals surface area contributed by atoms with Crippen molar-refractivity contribution in [3.63, 3.8) is 0 Å². The van der Waals surface area contributed by atoms with Crippen molar-refractivity contribution in [3.05, 3.63) is 102 Å². The predicted octanol–water partition coefficient (Wildman–Crippen LogP) is 5.97. The molecule has 1 nitrogen and oxygen atoms in total. The van der Waals surface area contributed by atoms with Crippen molar-refractivity contribution in [3.8, 4) is 0 Å². The quantitative estimate of drug-likeness (QED) is 0.453. The van der Waals surface area contributed by atoms with E-state index in [0.29, 0.717) is 5.92 Å². The Bertz CT molecular complexity index is 959. The summed E-state index contributed by atoms with van der Waals surface area (Å²) in [5.41, 5.74) is 4.11. The predicted molar refractivity (Wildman–Crippen MR) is 131 cm³/mol. The first-order valence-corrected chi connectivity index (χ1v) is 12.8. The highest BCUT2D eigenvalue weighted by atomic mass is 28.4. The summed E-state index contributed by atoms with van der Waals surface area (Å²) in [5.74, 6) is 0.535. The lowest BCUT2D eigenvalue weighted by Gasteiger charge is -2.43. The molecular weight excluding hydrogens is 380 g/mol. The van der Waals surface area contributed by atoms with Gasteiger partial charge in [-0.3, -0.25) is 0 Å². The highest BCUT2D eigenvalue weighted by Gasteiger charge is 2.51. The van der Waals surface area contributed by atoms with E-state index in [1.54, 1.807) is 0 Å². The highest BCUT2D eigenvalue weighted by Crippen LogP contribution is 2.42. The number of hydrogen-bond acceptors (Lipinski definition) is 1. The fraction of sp³-hybridized carbons (Fsp3) is 0.286. The zero-order valence-corrected chi connectivity index (χ0v) is 19.6. The van der Waals surface area contributed by atoms with Crippen LogP contribution in [-0.4, -0.2) is 14.9 Å². The first-order valence-electron chi connectivity index (χ1n) is 10.9. The van der Waals surface area contributed by atoms with Crippen LogP contribution in [0.25, 0.3) is 6.08 Å². The average molecular weight is 413 g/mol. The Morgan fingerprint density at radius 3 is 1.87 bits per heavy atom. The van der Waals surface area contributed by atoms with Crippen molar-refractivity contribution >= 4 is 24.8 Å². The van der Waals surface area contributed by atoms with E-state index in [4.69, 9.17) is 4.43 Å². The van der Waals surface area contributed by atoms with Crippen molar-refractivity contribution in [2.45, 2.75) is 39.2 Å². The van der Waals surface area contributed by atoms with Crippen molar-refractivity contribution in [2.24, 2.45) is 5.92 Å². The number of benzene rings is 3. The van der Waals surface area contributed by atoms with Crippen LogP contribution in [0.3, 0.4) is 0 Å². The molecule has 2 heteroatoms. The molecule has 1 fully saturated rings. The van der Waals surface area contributed by atoms with Crippen molar-refractivity contribution in [1.82, 2.24) is 0 Å². The average Bonchev–Trinajstić information content (AvgIpc) is 3.48. The van der Waals surface area contributed by atoms with Crippen molar-refractivity contribution in [1.29, 1.82) is 0 Å². The Labute approximate surface area is 182 Å². The summed E-state index contributed by atoms with van der Waals surface area (Å²) in [4.78, 5) is 0. The van der Waals surface area contributed by atoms with E-state index in [1.165, 1.54) is 27.1 Å². The molecule has 1 saturated carbocycles. The van der Waals surface area contributed by atoms with Gasteiger partial charge in [0, 0.05) is 12.5 Å². The summed E-state index contributed by atoms with van der Waals surface area (Å²) < 4.78 is 7.08. The molecule has 154 valence electrons. The van der Waals surface area contributed by atoms with E-state index in [1.807, 2.05) is 0 Å². The minimum absolute atomic E-state index is 0.0332. The molecular formula is C28H32OSi. The molecule has 1 aliphatic rings. The van der Waals surface area contributed by atoms with Crippen LogP contribution in [0.4, 0.5) is 0 Å². The van der Waals surface area contributed by atoms with Gasteiger partial charge < -0.3 is 4.43 Å². The Balaban J connectivity index is 1.62. The van der Waals surface area contributed by atoms with Gasteiger partial charge >= 0.3 is 0 Å². The third kappa shape index (κ3) is 4.21. The Morgan fingerprint density at radius 2 is 1.37 bits per heavy atom. The Morgan fingerprint density at radius 1 is 0.833 bits per heavy atom. The molecule has 0 amide bonds. The lowest BCUT2D eigenvalue weighted by atomic mass is 10.1. The third-order valence-electron chi connectivity index (χ3n) is 6.19. The van der Waals surface area contributed by atoms with Gasteiger partial charge in [-0.25, -0.2) is 0 Å². The second kappa shape index (κ2) is 8.37. The molecule has 0 aliphatic heterocycles. The van der Waals surface area contributed by atoms with Gasteiger partial charge in [0.05, 0.1) is 0 Å². The van der Waals surface area contributed by atoms with E-state index in [9.17, 15) is 0 Å². The summed E-state index contributed by atoms with van der Waals surface area (Å²) in [6.07, 6.45) is 3.49. The van der Waals surface area contributed by atoms with Crippen LogP contribution >= 0.6 is 0 Å². The maximum Gasteiger partial charge on any atom is 0.261 e. The second-order valence-corrected chi connectivity index (χ2v) is 13.8. The fourth-order valence-corrected chi connectivity index (χ4v) is 9.04. The number of aryl methyl sites for hydroxylation is 1. The molecule has 4 rings (SSSR count). The van der Waals surface area contributed by atoms with E-state index in [0.717, 1.165) is 13.0 Å². The molecule has 3 aromatic carbocycles. The molecule has 0 saturated heterocycles. The van der Waals surface area contributed by atoms with E-state index < -0.39 is 8.32 Å². The molecule has 30 heavy (non-hydrogen) atoms. The maximum atomic E-state index is 7.08. The summed E-state index contributed by atoms with van der Waals surface area (Å²) in [6, 6.07) is 30.6. The van der Waals surface area contributed by atoms with Gasteiger partial charge in [-0.2, -0.15) is 0 Å². The Hall–Kier alpha value is -2.42. The van der Waals surface area contributed by atoms with Crippen LogP contribution in [0.15, 0.2) is 90.5 Å². The minimum atomic E-state index is -2.43. The topological polar surface area (TPSA) is 9.23 Å². The standard InChI is InChI=1S/C28H32OSi/c1-22-15-17-23(18-16-22)19-24-20-25(24)21-29-30(28(2,3)4,26-11-7-5-8-12-26)27-13-9-6-10-14-27/h5-19,25H,20-21H2,1-4H3/b24-19-/t25-/m0/s1.